The number of unbranched alkanes of at least 4 members (excludes halogenated alkanes) is 1. The number of benzene rings is 2. The Morgan fingerprint density at radius 1 is 1.12 bits per heavy atom. The van der Waals surface area contributed by atoms with Crippen LogP contribution >= 0.6 is 11.6 Å². The fourth-order valence-electron chi connectivity index (χ4n) is 3.48. The van der Waals surface area contributed by atoms with Gasteiger partial charge in [0, 0.05) is 34.9 Å². The minimum Gasteiger partial charge on any atom is -0.341 e. The second-order valence-corrected chi connectivity index (χ2v) is 6.78. The maximum absolute atomic E-state index is 6.29. The predicted octanol–water partition coefficient (Wildman–Crippen LogP) is 4.11. The Morgan fingerprint density at radius 3 is 2.80 bits per heavy atom. The quantitative estimate of drug-likeness (QED) is 0.533. The summed E-state index contributed by atoms with van der Waals surface area (Å²) in [4.78, 5) is 8.50. The van der Waals surface area contributed by atoms with Gasteiger partial charge in [-0.15, -0.1) is 0 Å². The Balaban J connectivity index is 2.15. The van der Waals surface area contributed by atoms with Gasteiger partial charge in [-0.05, 0) is 43.7 Å². The number of halogens is 1. The topological polar surface area (TPSA) is 59.1 Å². The minimum atomic E-state index is 0.703. The fourth-order valence-corrected chi connectivity index (χ4v) is 3.65. The molecule has 0 amide bonds. The number of para-hydroxylation sites is 1. The van der Waals surface area contributed by atoms with Gasteiger partial charge < -0.3 is 15.3 Å². The first-order chi connectivity index (χ1) is 12.2. The van der Waals surface area contributed by atoms with Crippen LogP contribution < -0.4 is 11.1 Å². The molecular formula is C20H21ClN4. The summed E-state index contributed by atoms with van der Waals surface area (Å²) in [7, 11) is 2.08. The number of H-pyrrole nitrogens is 1. The maximum Gasteiger partial charge on any atom is 0.120 e. The molecule has 128 valence electrons. The number of aryl methyl sites for hydroxylation is 1. The van der Waals surface area contributed by atoms with Crippen molar-refractivity contribution in [1.29, 1.82) is 0 Å². The molecule has 4 aromatic rings. The molecule has 2 aromatic heterocycles. The second-order valence-electron chi connectivity index (χ2n) is 6.34. The Kier molecular flexibility index (Phi) is 4.24. The van der Waals surface area contributed by atoms with Crippen LogP contribution in [0.3, 0.4) is 0 Å². The standard InChI is InChI=1S/C20H21ClN4/c1-25-17-9-8-13(21)12-15(17)19(23-11-5-4-10-22)18-14-6-2-3-7-16(14)24-20(18)25/h2-3,6-9,12,24H,4-5,10-11,22H2,1H3. The van der Waals surface area contributed by atoms with Crippen molar-refractivity contribution in [2.24, 2.45) is 17.8 Å². The average Bonchev–Trinajstić information content (AvgIpc) is 3.01. The molecule has 0 saturated carbocycles. The summed E-state index contributed by atoms with van der Waals surface area (Å²) in [5.74, 6) is 0. The average molecular weight is 353 g/mol. The van der Waals surface area contributed by atoms with Crippen LogP contribution in [0.25, 0.3) is 32.8 Å². The first-order valence-corrected chi connectivity index (χ1v) is 8.97. The van der Waals surface area contributed by atoms with Crippen LogP contribution in [0.5, 0.6) is 0 Å². The summed E-state index contributed by atoms with van der Waals surface area (Å²) in [6.45, 7) is 1.47. The number of nitrogens with two attached hydrogens (primary N) is 1. The summed E-state index contributed by atoms with van der Waals surface area (Å²) >= 11 is 6.29. The van der Waals surface area contributed by atoms with Crippen LogP contribution in [-0.2, 0) is 7.05 Å². The van der Waals surface area contributed by atoms with Crippen molar-refractivity contribution in [1.82, 2.24) is 9.55 Å². The molecule has 5 heteroatoms. The number of aromatic amines is 1. The first kappa shape index (κ1) is 16.2. The summed E-state index contributed by atoms with van der Waals surface area (Å²) in [5.41, 5.74) is 8.93. The van der Waals surface area contributed by atoms with E-state index < -0.39 is 0 Å². The highest BCUT2D eigenvalue weighted by Crippen LogP contribution is 2.26. The fraction of sp³-hybridized carbons (Fsp3) is 0.250. The molecule has 0 aliphatic heterocycles. The van der Waals surface area contributed by atoms with Gasteiger partial charge in [-0.3, -0.25) is 4.99 Å². The number of nitrogens with zero attached hydrogens (tertiary/aromatic N) is 2. The lowest BCUT2D eigenvalue weighted by atomic mass is 10.1. The highest BCUT2D eigenvalue weighted by atomic mass is 35.5. The van der Waals surface area contributed by atoms with Gasteiger partial charge in [-0.2, -0.15) is 0 Å². The van der Waals surface area contributed by atoms with Crippen LogP contribution in [0.15, 0.2) is 47.5 Å². The van der Waals surface area contributed by atoms with Crippen molar-refractivity contribution in [2.75, 3.05) is 13.1 Å². The molecule has 0 aliphatic carbocycles. The number of nitrogens with one attached hydrogen (secondary N) is 1. The van der Waals surface area contributed by atoms with Crippen LogP contribution in [0.4, 0.5) is 0 Å². The monoisotopic (exact) mass is 352 g/mol. The number of fused-ring (bicyclic) bond motifs is 4. The Morgan fingerprint density at radius 2 is 1.96 bits per heavy atom. The number of rotatable bonds is 4. The number of hydrogen-bond donors (Lipinski definition) is 2. The van der Waals surface area contributed by atoms with Crippen molar-refractivity contribution in [2.45, 2.75) is 12.8 Å². The summed E-state index contributed by atoms with van der Waals surface area (Å²) in [6, 6.07) is 14.4. The zero-order chi connectivity index (χ0) is 17.4. The van der Waals surface area contributed by atoms with Crippen LogP contribution in [-0.4, -0.2) is 22.6 Å². The van der Waals surface area contributed by atoms with Crippen molar-refractivity contribution >= 4 is 44.4 Å². The Labute approximate surface area is 150 Å². The lowest BCUT2D eigenvalue weighted by Gasteiger charge is -2.10. The van der Waals surface area contributed by atoms with E-state index in [0.29, 0.717) is 6.54 Å². The lowest BCUT2D eigenvalue weighted by molar-refractivity contribution is 0.748. The number of hydrogen-bond acceptors (Lipinski definition) is 2. The molecule has 2 heterocycles. The van der Waals surface area contributed by atoms with E-state index in [2.05, 4.69) is 40.9 Å². The summed E-state index contributed by atoms with van der Waals surface area (Å²) in [5, 5.41) is 5.17. The molecule has 0 unspecified atom stereocenters. The largest absolute Gasteiger partial charge is 0.341 e. The van der Waals surface area contributed by atoms with E-state index in [-0.39, 0.29) is 0 Å². The molecule has 3 N–H and O–H groups in total. The Hall–Kier alpha value is -2.30. The molecule has 0 fully saturated rings. The van der Waals surface area contributed by atoms with Crippen molar-refractivity contribution in [3.8, 4) is 0 Å². The molecular weight excluding hydrogens is 332 g/mol. The molecule has 0 bridgehead atoms. The van der Waals surface area contributed by atoms with Crippen molar-refractivity contribution in [3.05, 3.63) is 52.8 Å². The molecule has 0 spiro atoms. The van der Waals surface area contributed by atoms with Gasteiger partial charge in [0.15, 0.2) is 0 Å². The molecule has 4 rings (SSSR count). The van der Waals surface area contributed by atoms with Gasteiger partial charge in [0.1, 0.15) is 5.65 Å². The SMILES string of the molecule is Cn1c2ccc(Cl)cc2c(=NCCCCN)c2c3ccccc3[nH]c21. The predicted molar refractivity (Wildman–Crippen MR) is 106 cm³/mol. The summed E-state index contributed by atoms with van der Waals surface area (Å²) in [6.07, 6.45) is 1.98. The zero-order valence-corrected chi connectivity index (χ0v) is 15.0. The van der Waals surface area contributed by atoms with Crippen LogP contribution in [0, 0.1) is 0 Å². The smallest absolute Gasteiger partial charge is 0.120 e. The lowest BCUT2D eigenvalue weighted by Crippen LogP contribution is -2.11. The van der Waals surface area contributed by atoms with Gasteiger partial charge in [0.2, 0.25) is 0 Å². The van der Waals surface area contributed by atoms with E-state index in [0.717, 1.165) is 57.2 Å². The third-order valence-electron chi connectivity index (χ3n) is 4.72. The molecule has 4 nitrogen and oxygen atoms in total. The second kappa shape index (κ2) is 6.54. The van der Waals surface area contributed by atoms with E-state index in [9.17, 15) is 0 Å². The highest BCUT2D eigenvalue weighted by Gasteiger charge is 2.13. The number of pyridine rings is 1. The van der Waals surface area contributed by atoms with Gasteiger partial charge in [0.25, 0.3) is 0 Å². The van der Waals surface area contributed by atoms with Gasteiger partial charge >= 0.3 is 0 Å². The molecule has 2 aromatic carbocycles. The normalized spacial score (nSPS) is 12.7. The first-order valence-electron chi connectivity index (χ1n) is 8.60. The zero-order valence-electron chi connectivity index (χ0n) is 14.2. The van der Waals surface area contributed by atoms with Gasteiger partial charge in [0.05, 0.1) is 16.3 Å². The van der Waals surface area contributed by atoms with E-state index in [1.54, 1.807) is 0 Å². The van der Waals surface area contributed by atoms with Gasteiger partial charge in [-0.25, -0.2) is 0 Å². The third-order valence-corrected chi connectivity index (χ3v) is 4.95. The number of aromatic nitrogens is 2. The molecule has 25 heavy (non-hydrogen) atoms. The molecule has 0 atom stereocenters. The third kappa shape index (κ3) is 2.71. The van der Waals surface area contributed by atoms with Gasteiger partial charge in [-0.1, -0.05) is 29.8 Å². The summed E-state index contributed by atoms with van der Waals surface area (Å²) < 4.78 is 2.18. The van der Waals surface area contributed by atoms with Crippen LogP contribution in [0.2, 0.25) is 5.02 Å². The van der Waals surface area contributed by atoms with Crippen molar-refractivity contribution < 1.29 is 0 Å². The van der Waals surface area contributed by atoms with E-state index >= 15 is 0 Å². The Bertz CT molecular complexity index is 1140. The minimum absolute atomic E-state index is 0.703. The highest BCUT2D eigenvalue weighted by molar-refractivity contribution is 6.31. The van der Waals surface area contributed by atoms with E-state index in [4.69, 9.17) is 22.3 Å². The molecule has 0 radical (unpaired) electrons. The van der Waals surface area contributed by atoms with Crippen LogP contribution in [0.1, 0.15) is 12.8 Å². The molecule has 0 aliphatic rings. The van der Waals surface area contributed by atoms with E-state index in [1.807, 2.05) is 18.2 Å². The maximum atomic E-state index is 6.29. The van der Waals surface area contributed by atoms with Crippen molar-refractivity contribution in [3.63, 3.8) is 0 Å². The van der Waals surface area contributed by atoms with E-state index in [1.165, 1.54) is 5.39 Å². The molecule has 0 saturated heterocycles.